The van der Waals surface area contributed by atoms with Crippen molar-refractivity contribution in [3.05, 3.63) is 24.3 Å². The number of rotatable bonds is 0. The van der Waals surface area contributed by atoms with Crippen LogP contribution in [-0.4, -0.2) is 16.1 Å². The molecule has 0 aromatic rings. The van der Waals surface area contributed by atoms with Crippen molar-refractivity contribution >= 4 is 11.4 Å². The molecule has 0 fully saturated rings. The molecule has 1 rings (SSSR count). The van der Waals surface area contributed by atoms with Gasteiger partial charge in [-0.25, -0.2) is 0 Å². The Balaban J connectivity index is 0.000000252. The van der Waals surface area contributed by atoms with Crippen molar-refractivity contribution in [2.24, 2.45) is 0 Å². The van der Waals surface area contributed by atoms with E-state index in [9.17, 15) is 0 Å². The fourth-order valence-corrected chi connectivity index (χ4v) is 0.470. The highest BCUT2D eigenvalue weighted by Crippen LogP contribution is 1.91. The molecule has 0 amide bonds. The quantitative estimate of drug-likeness (QED) is 0.364. The highest BCUT2D eigenvalue weighted by molar-refractivity contribution is 6.16. The standard InChI is InChI=1S/C6H6N2.ClHO4/c7-5-1-2-6(8)4-3-5;2-1(3,4)5/h1-4,7-8H;(H,2,3,4,5). The number of nitrogens with one attached hydrogen (secondary N) is 2. The Hall–Kier alpha value is -1.05. The van der Waals surface area contributed by atoms with E-state index >= 15 is 0 Å². The van der Waals surface area contributed by atoms with Crippen molar-refractivity contribution in [3.8, 4) is 0 Å². The average Bonchev–Trinajstić information content (AvgIpc) is 1.92. The van der Waals surface area contributed by atoms with Crippen molar-refractivity contribution in [1.29, 1.82) is 10.8 Å². The third-order valence-electron chi connectivity index (χ3n) is 0.885. The fraction of sp³-hybridized carbons (Fsp3) is 0. The summed E-state index contributed by atoms with van der Waals surface area (Å²) in [7, 11) is -4.69. The first-order valence-corrected chi connectivity index (χ1v) is 4.22. The summed E-state index contributed by atoms with van der Waals surface area (Å²) < 4.78 is 32.7. The molecule has 6 nitrogen and oxygen atoms in total. The Morgan fingerprint density at radius 2 is 1.08 bits per heavy atom. The Morgan fingerprint density at radius 1 is 0.923 bits per heavy atom. The summed E-state index contributed by atoms with van der Waals surface area (Å²) in [6.07, 6.45) is 6.40. The molecule has 0 saturated carbocycles. The third-order valence-corrected chi connectivity index (χ3v) is 0.885. The molecule has 0 atom stereocenters. The van der Waals surface area contributed by atoms with Gasteiger partial charge in [-0.1, -0.05) is 0 Å². The molecule has 0 saturated heterocycles. The fourth-order valence-electron chi connectivity index (χ4n) is 0.470. The van der Waals surface area contributed by atoms with Crippen LogP contribution in [0.15, 0.2) is 24.3 Å². The molecule has 3 N–H and O–H groups in total. The predicted octanol–water partition coefficient (Wildman–Crippen LogP) is -2.97. The van der Waals surface area contributed by atoms with Gasteiger partial charge in [0.15, 0.2) is 0 Å². The number of hydrogen-bond acceptors (Lipinski definition) is 6. The average molecular weight is 207 g/mol. The first kappa shape index (κ1) is 11.9. The van der Waals surface area contributed by atoms with Crippen molar-refractivity contribution in [1.82, 2.24) is 0 Å². The van der Waals surface area contributed by atoms with Gasteiger partial charge >= 0.3 is 0 Å². The van der Waals surface area contributed by atoms with Gasteiger partial charge in [0.1, 0.15) is 0 Å². The Kier molecular flexibility index (Phi) is 4.46. The van der Waals surface area contributed by atoms with Gasteiger partial charge in [0, 0.05) is 0 Å². The molecule has 0 bridgehead atoms. The van der Waals surface area contributed by atoms with Gasteiger partial charge in [-0.3, -0.25) is 0 Å². The zero-order valence-electron chi connectivity index (χ0n) is 6.36. The summed E-state index contributed by atoms with van der Waals surface area (Å²) >= 11 is 0. The van der Waals surface area contributed by atoms with Crippen LogP contribution in [0.4, 0.5) is 0 Å². The van der Waals surface area contributed by atoms with Crippen LogP contribution in [0.3, 0.4) is 0 Å². The van der Waals surface area contributed by atoms with E-state index in [0.717, 1.165) is 0 Å². The second kappa shape index (κ2) is 4.85. The largest absolute Gasteiger partial charge is 0.301 e. The van der Waals surface area contributed by atoms with Crippen molar-refractivity contribution < 1.29 is 28.9 Å². The van der Waals surface area contributed by atoms with Gasteiger partial charge in [0.05, 0.1) is 26.3 Å². The Labute approximate surface area is 76.2 Å². The maximum atomic E-state index is 8.60. The van der Waals surface area contributed by atoms with Crippen LogP contribution < -0.4 is 14.0 Å². The molecule has 0 radical (unpaired) electrons. The smallest absolute Gasteiger partial charge is 0.0777 e. The lowest BCUT2D eigenvalue weighted by atomic mass is 10.2. The second-order valence-corrected chi connectivity index (χ2v) is 2.77. The van der Waals surface area contributed by atoms with Gasteiger partial charge in [0.2, 0.25) is 0 Å². The van der Waals surface area contributed by atoms with Gasteiger partial charge in [-0.15, -0.1) is 0 Å². The van der Waals surface area contributed by atoms with Gasteiger partial charge < -0.3 is 10.8 Å². The van der Waals surface area contributed by atoms with E-state index in [1.54, 1.807) is 24.3 Å². The van der Waals surface area contributed by atoms with Gasteiger partial charge in [-0.2, -0.15) is 14.0 Å². The van der Waals surface area contributed by atoms with Crippen molar-refractivity contribution in [2.75, 3.05) is 0 Å². The van der Waals surface area contributed by atoms with E-state index in [2.05, 4.69) is 0 Å². The van der Waals surface area contributed by atoms with E-state index in [4.69, 9.17) is 29.5 Å². The molecule has 1 aliphatic carbocycles. The lowest BCUT2D eigenvalue weighted by Crippen LogP contribution is -2.58. The molecule has 0 spiro atoms. The molecule has 0 aromatic carbocycles. The number of hydrogen-bond donors (Lipinski definition) is 3. The first-order chi connectivity index (χ1) is 5.79. The molecule has 7 heteroatoms. The van der Waals surface area contributed by atoms with Crippen molar-refractivity contribution in [3.63, 3.8) is 0 Å². The van der Waals surface area contributed by atoms with E-state index in [1.165, 1.54) is 0 Å². The van der Waals surface area contributed by atoms with E-state index in [0.29, 0.717) is 11.4 Å². The van der Waals surface area contributed by atoms with Crippen LogP contribution in [0.1, 0.15) is 0 Å². The molecule has 13 heavy (non-hydrogen) atoms. The van der Waals surface area contributed by atoms with Crippen LogP contribution in [0, 0.1) is 21.1 Å². The molecule has 0 aromatic heterocycles. The van der Waals surface area contributed by atoms with Crippen LogP contribution >= 0.6 is 0 Å². The SMILES string of the molecule is N=C1C=CC(=N)C=C1.[O-][Cl+3]([O-])([O-])O. The highest BCUT2D eigenvalue weighted by Gasteiger charge is 1.98. The zero-order valence-corrected chi connectivity index (χ0v) is 7.12. The maximum Gasteiger partial charge on any atom is 0.0777 e. The second-order valence-electron chi connectivity index (χ2n) is 1.97. The molecular formula is C6H7ClN2O4. The highest BCUT2D eigenvalue weighted by atomic mass is 35.7. The first-order valence-electron chi connectivity index (χ1n) is 2.95. The minimum Gasteiger partial charge on any atom is -0.301 e. The van der Waals surface area contributed by atoms with Crippen LogP contribution in [-0.2, 0) is 0 Å². The lowest BCUT2D eigenvalue weighted by Gasteiger charge is -2.03. The molecule has 0 heterocycles. The molecule has 1 aliphatic rings. The molecule has 72 valence electrons. The number of allylic oxidation sites excluding steroid dienone is 4. The van der Waals surface area contributed by atoms with Crippen LogP contribution in [0.25, 0.3) is 0 Å². The summed E-state index contributed by atoms with van der Waals surface area (Å²) in [6.45, 7) is 0. The zero-order chi connectivity index (χ0) is 10.5. The topological polar surface area (TPSA) is 137 Å². The van der Waals surface area contributed by atoms with E-state index in [-0.39, 0.29) is 0 Å². The predicted molar refractivity (Wildman–Crippen MR) is 36.0 cm³/mol. The summed E-state index contributed by atoms with van der Waals surface area (Å²) in [6, 6.07) is 0. The maximum absolute atomic E-state index is 8.60. The van der Waals surface area contributed by atoms with Crippen LogP contribution in [0.2, 0.25) is 0 Å². The normalized spacial score (nSPS) is 15.4. The Bertz CT molecular complexity index is 222. The molecule has 0 unspecified atom stereocenters. The van der Waals surface area contributed by atoms with E-state index in [1.807, 2.05) is 0 Å². The minimum absolute atomic E-state index is 0.459. The summed E-state index contributed by atoms with van der Waals surface area (Å²) in [4.78, 5) is 0. The van der Waals surface area contributed by atoms with Crippen LogP contribution in [0.5, 0.6) is 0 Å². The van der Waals surface area contributed by atoms with Gasteiger partial charge in [0.25, 0.3) is 0 Å². The third kappa shape index (κ3) is 10.9. The summed E-state index contributed by atoms with van der Waals surface area (Å²) in [5.74, 6) is 0. The van der Waals surface area contributed by atoms with Gasteiger partial charge in [-0.05, 0) is 24.3 Å². The molecule has 0 aliphatic heterocycles. The van der Waals surface area contributed by atoms with E-state index < -0.39 is 10.2 Å². The Morgan fingerprint density at radius 3 is 1.23 bits per heavy atom. The molecular weight excluding hydrogens is 200 g/mol. The monoisotopic (exact) mass is 206 g/mol. The summed E-state index contributed by atoms with van der Waals surface area (Å²) in [5, 5.41) is 14.0. The summed E-state index contributed by atoms with van der Waals surface area (Å²) in [5.41, 5.74) is 0.919. The van der Waals surface area contributed by atoms with Crippen molar-refractivity contribution in [2.45, 2.75) is 0 Å². The number of halogens is 1. The minimum atomic E-state index is -4.69. The lowest BCUT2D eigenvalue weighted by molar-refractivity contribution is -1.92.